The van der Waals surface area contributed by atoms with Crippen LogP contribution < -0.4 is 5.73 Å². The molecule has 0 saturated carbocycles. The van der Waals surface area contributed by atoms with Gasteiger partial charge in [0.15, 0.2) is 5.76 Å². The molecule has 6 aromatic rings. The summed E-state index contributed by atoms with van der Waals surface area (Å²) in [6.07, 6.45) is 0. The quantitative estimate of drug-likeness (QED) is 0.261. The molecule has 0 fully saturated rings. The lowest BCUT2D eigenvalue weighted by Gasteiger charge is -2.08. The minimum absolute atomic E-state index is 0.117. The second kappa shape index (κ2) is 8.13. The van der Waals surface area contributed by atoms with E-state index in [2.05, 4.69) is 0 Å². The molecule has 3 heterocycles. The molecule has 3 aromatic heterocycles. The highest BCUT2D eigenvalue weighted by molar-refractivity contribution is 7.21. The van der Waals surface area contributed by atoms with Gasteiger partial charge in [0.2, 0.25) is 5.78 Å². The van der Waals surface area contributed by atoms with Crippen molar-refractivity contribution < 1.29 is 9.21 Å². The Balaban J connectivity index is 1.60. The number of fused-ring (bicyclic) bond motifs is 2. The van der Waals surface area contributed by atoms with Crippen molar-refractivity contribution in [1.82, 2.24) is 4.98 Å². The van der Waals surface area contributed by atoms with Crippen LogP contribution in [0.15, 0.2) is 95.4 Å². The Morgan fingerprint density at radius 1 is 0.912 bits per heavy atom. The van der Waals surface area contributed by atoms with Gasteiger partial charge in [0, 0.05) is 21.4 Å². The van der Waals surface area contributed by atoms with Crippen molar-refractivity contribution in [2.45, 2.75) is 0 Å². The zero-order chi connectivity index (χ0) is 23.2. The molecular weight excluding hydrogens is 464 g/mol. The number of nitrogens with zero attached hydrogens (tertiary/aromatic N) is 1. The fourth-order valence-electron chi connectivity index (χ4n) is 4.10. The largest absolute Gasteiger partial charge is 0.454 e. The Hall–Kier alpha value is -3.93. The molecule has 0 unspecified atom stereocenters. The van der Waals surface area contributed by atoms with E-state index in [9.17, 15) is 4.79 Å². The second-order valence-corrected chi connectivity index (χ2v) is 9.37. The van der Waals surface area contributed by atoms with Gasteiger partial charge >= 0.3 is 0 Å². The van der Waals surface area contributed by atoms with Crippen molar-refractivity contribution in [1.29, 1.82) is 0 Å². The summed E-state index contributed by atoms with van der Waals surface area (Å²) < 4.78 is 6.09. The van der Waals surface area contributed by atoms with E-state index in [0.717, 1.165) is 27.5 Å². The van der Waals surface area contributed by atoms with Gasteiger partial charge < -0.3 is 10.2 Å². The van der Waals surface area contributed by atoms with Gasteiger partial charge in [-0.15, -0.1) is 11.3 Å². The van der Waals surface area contributed by atoms with Crippen molar-refractivity contribution in [3.63, 3.8) is 0 Å². The molecule has 3 aromatic carbocycles. The second-order valence-electron chi connectivity index (χ2n) is 7.93. The maximum atomic E-state index is 13.3. The lowest BCUT2D eigenvalue weighted by molar-refractivity contribution is 0.104. The van der Waals surface area contributed by atoms with E-state index >= 15 is 0 Å². The van der Waals surface area contributed by atoms with Crippen LogP contribution in [0.1, 0.15) is 15.2 Å². The number of halogens is 1. The van der Waals surface area contributed by atoms with E-state index in [1.54, 1.807) is 12.1 Å². The Morgan fingerprint density at radius 3 is 2.41 bits per heavy atom. The molecule has 34 heavy (non-hydrogen) atoms. The molecule has 0 radical (unpaired) electrons. The van der Waals surface area contributed by atoms with Crippen molar-refractivity contribution in [2.24, 2.45) is 0 Å². The average molecular weight is 481 g/mol. The number of furan rings is 1. The number of benzene rings is 3. The number of thiophene rings is 1. The van der Waals surface area contributed by atoms with Gasteiger partial charge in [0.1, 0.15) is 21.0 Å². The van der Waals surface area contributed by atoms with Crippen LogP contribution in [0.2, 0.25) is 5.02 Å². The van der Waals surface area contributed by atoms with Crippen LogP contribution in [0.4, 0.5) is 5.69 Å². The smallest absolute Gasteiger partial charge is 0.205 e. The minimum atomic E-state index is -0.117. The number of para-hydroxylation sites is 1. The van der Waals surface area contributed by atoms with Gasteiger partial charge in [-0.25, -0.2) is 4.98 Å². The summed E-state index contributed by atoms with van der Waals surface area (Å²) in [5, 5.41) is 2.40. The predicted octanol–water partition coefficient (Wildman–Crippen LogP) is 7.84. The SMILES string of the molecule is Nc1c(C(=O)c2ccccc2)sc2nc(-c3cc4ccccc4o3)cc(-c3ccc(Cl)cc3)c12. The third-order valence-corrected chi connectivity index (χ3v) is 7.12. The third kappa shape index (κ3) is 3.46. The Morgan fingerprint density at radius 2 is 1.65 bits per heavy atom. The van der Waals surface area contributed by atoms with Crippen LogP contribution in [0.3, 0.4) is 0 Å². The first-order chi connectivity index (χ1) is 16.6. The number of nitrogen functional groups attached to an aromatic ring is 1. The Kier molecular flexibility index (Phi) is 4.94. The zero-order valence-corrected chi connectivity index (χ0v) is 19.4. The first kappa shape index (κ1) is 20.7. The summed E-state index contributed by atoms with van der Waals surface area (Å²) in [6.45, 7) is 0. The lowest BCUT2D eigenvalue weighted by atomic mass is 10.00. The van der Waals surface area contributed by atoms with E-state index in [1.165, 1.54) is 11.3 Å². The highest BCUT2D eigenvalue weighted by Gasteiger charge is 2.23. The summed E-state index contributed by atoms with van der Waals surface area (Å²) in [4.78, 5) is 19.3. The van der Waals surface area contributed by atoms with Crippen molar-refractivity contribution in [3.8, 4) is 22.6 Å². The summed E-state index contributed by atoms with van der Waals surface area (Å²) in [6, 6.07) is 28.5. The van der Waals surface area contributed by atoms with Crippen molar-refractivity contribution in [2.75, 3.05) is 5.73 Å². The molecule has 6 rings (SSSR count). The van der Waals surface area contributed by atoms with Gasteiger partial charge in [0.25, 0.3) is 0 Å². The number of ketones is 1. The Labute approximate surface area is 204 Å². The molecule has 0 saturated heterocycles. The minimum Gasteiger partial charge on any atom is -0.454 e. The third-order valence-electron chi connectivity index (χ3n) is 5.77. The van der Waals surface area contributed by atoms with E-state index in [0.29, 0.717) is 37.4 Å². The first-order valence-electron chi connectivity index (χ1n) is 10.7. The summed E-state index contributed by atoms with van der Waals surface area (Å²) in [7, 11) is 0. The number of hydrogen-bond acceptors (Lipinski definition) is 5. The van der Waals surface area contributed by atoms with Gasteiger partial charge in [0.05, 0.1) is 5.69 Å². The van der Waals surface area contributed by atoms with Crippen molar-refractivity contribution in [3.05, 3.63) is 106 Å². The van der Waals surface area contributed by atoms with Crippen LogP contribution in [0.5, 0.6) is 0 Å². The molecule has 0 atom stereocenters. The number of rotatable bonds is 4. The fourth-order valence-corrected chi connectivity index (χ4v) is 5.31. The standard InChI is InChI=1S/C28H17ClN2O2S/c29-19-12-10-16(11-13-19)20-15-21(23-14-18-8-4-5-9-22(18)33-23)31-28-24(20)25(30)27(34-28)26(32)17-6-2-1-3-7-17/h1-15H,30H2. The molecule has 0 aliphatic heterocycles. The van der Waals surface area contributed by atoms with Crippen LogP contribution in [0, 0.1) is 0 Å². The molecule has 0 aliphatic carbocycles. The maximum absolute atomic E-state index is 13.3. The number of nitrogens with two attached hydrogens (primary N) is 1. The number of carbonyl (C=O) groups excluding carboxylic acids is 1. The normalized spacial score (nSPS) is 11.3. The molecule has 2 N–H and O–H groups in total. The number of pyridine rings is 1. The van der Waals surface area contributed by atoms with Gasteiger partial charge in [-0.05, 0) is 41.5 Å². The number of carbonyl (C=O) groups is 1. The fraction of sp³-hybridized carbons (Fsp3) is 0. The highest BCUT2D eigenvalue weighted by atomic mass is 35.5. The number of aromatic nitrogens is 1. The zero-order valence-electron chi connectivity index (χ0n) is 17.8. The van der Waals surface area contributed by atoms with Crippen LogP contribution in [0.25, 0.3) is 43.8 Å². The van der Waals surface area contributed by atoms with Gasteiger partial charge in [-0.2, -0.15) is 0 Å². The van der Waals surface area contributed by atoms with Crippen LogP contribution in [-0.4, -0.2) is 10.8 Å². The molecule has 6 heteroatoms. The molecule has 4 nitrogen and oxygen atoms in total. The number of hydrogen-bond donors (Lipinski definition) is 1. The molecule has 0 spiro atoms. The average Bonchev–Trinajstić information content (AvgIpc) is 3.45. The predicted molar refractivity (Wildman–Crippen MR) is 140 cm³/mol. The molecule has 0 bridgehead atoms. The first-order valence-corrected chi connectivity index (χ1v) is 11.9. The molecule has 0 amide bonds. The summed E-state index contributed by atoms with van der Waals surface area (Å²) in [5.74, 6) is 0.537. The number of anilines is 1. The van der Waals surface area contributed by atoms with Crippen molar-refractivity contribution >= 4 is 55.6 Å². The molecule has 164 valence electrons. The van der Waals surface area contributed by atoms with E-state index in [-0.39, 0.29) is 5.78 Å². The maximum Gasteiger partial charge on any atom is 0.205 e. The summed E-state index contributed by atoms with van der Waals surface area (Å²) >= 11 is 7.44. The van der Waals surface area contributed by atoms with Crippen LogP contribution in [-0.2, 0) is 0 Å². The van der Waals surface area contributed by atoms with Crippen LogP contribution >= 0.6 is 22.9 Å². The molecular formula is C28H17ClN2O2S. The monoisotopic (exact) mass is 480 g/mol. The topological polar surface area (TPSA) is 69.1 Å². The van der Waals surface area contributed by atoms with E-state index in [1.807, 2.05) is 78.9 Å². The van der Waals surface area contributed by atoms with Gasteiger partial charge in [-0.3, -0.25) is 4.79 Å². The molecule has 0 aliphatic rings. The highest BCUT2D eigenvalue weighted by Crippen LogP contribution is 2.42. The van der Waals surface area contributed by atoms with E-state index < -0.39 is 0 Å². The summed E-state index contributed by atoms with van der Waals surface area (Å²) in [5.41, 5.74) is 10.9. The van der Waals surface area contributed by atoms with Gasteiger partial charge in [-0.1, -0.05) is 72.3 Å². The lowest BCUT2D eigenvalue weighted by Crippen LogP contribution is -2.01. The van der Waals surface area contributed by atoms with E-state index in [4.69, 9.17) is 26.7 Å². The Bertz CT molecular complexity index is 1650.